The lowest BCUT2D eigenvalue weighted by Crippen LogP contribution is -2.04. The van der Waals surface area contributed by atoms with Gasteiger partial charge in [0.1, 0.15) is 0 Å². The van der Waals surface area contributed by atoms with Crippen molar-refractivity contribution in [3.05, 3.63) is 54.1 Å². The Balaban J connectivity index is 1.71. The van der Waals surface area contributed by atoms with Crippen LogP contribution in [0.2, 0.25) is 0 Å². The summed E-state index contributed by atoms with van der Waals surface area (Å²) < 4.78 is 0. The first-order chi connectivity index (χ1) is 9.74. The van der Waals surface area contributed by atoms with Crippen molar-refractivity contribution in [2.45, 2.75) is 11.3 Å². The Kier molecular flexibility index (Phi) is 3.62. The van der Waals surface area contributed by atoms with Gasteiger partial charge in [-0.25, -0.2) is 4.98 Å². The summed E-state index contributed by atoms with van der Waals surface area (Å²) in [6.07, 6.45) is -0.602. The van der Waals surface area contributed by atoms with Gasteiger partial charge in [0.05, 0.1) is 17.1 Å². The predicted octanol–water partition coefficient (Wildman–Crippen LogP) is 2.97. The molecule has 3 rings (SSSR count). The molecule has 0 aliphatic carbocycles. The number of aliphatic hydroxyl groups excluding tert-OH is 1. The third-order valence-corrected chi connectivity index (χ3v) is 4.05. The summed E-state index contributed by atoms with van der Waals surface area (Å²) in [5, 5.41) is 11.0. The topological polar surface area (TPSA) is 74.9 Å². The number of anilines is 1. The number of nitrogens with two attached hydrogens (primary N) is 1. The minimum Gasteiger partial charge on any atom is -0.398 e. The van der Waals surface area contributed by atoms with Gasteiger partial charge in [-0.15, -0.1) is 0 Å². The van der Waals surface area contributed by atoms with E-state index in [4.69, 9.17) is 5.73 Å². The molecule has 0 radical (unpaired) electrons. The van der Waals surface area contributed by atoms with Crippen LogP contribution in [0.15, 0.2) is 53.7 Å². The van der Waals surface area contributed by atoms with Gasteiger partial charge in [0.15, 0.2) is 5.16 Å². The number of para-hydroxylation sites is 3. The lowest BCUT2D eigenvalue weighted by atomic mass is 10.1. The van der Waals surface area contributed by atoms with Crippen molar-refractivity contribution < 1.29 is 5.11 Å². The van der Waals surface area contributed by atoms with E-state index in [-0.39, 0.29) is 0 Å². The van der Waals surface area contributed by atoms with Crippen molar-refractivity contribution in [3.8, 4) is 0 Å². The summed E-state index contributed by atoms with van der Waals surface area (Å²) in [4.78, 5) is 7.69. The third kappa shape index (κ3) is 2.64. The largest absolute Gasteiger partial charge is 0.398 e. The molecular formula is C15H15N3OS. The Morgan fingerprint density at radius 1 is 1.15 bits per heavy atom. The summed E-state index contributed by atoms with van der Waals surface area (Å²) in [5.41, 5.74) is 9.17. The molecule has 0 bridgehead atoms. The second kappa shape index (κ2) is 5.56. The molecule has 3 aromatic rings. The van der Waals surface area contributed by atoms with E-state index in [0.29, 0.717) is 11.4 Å². The number of aromatic nitrogens is 2. The number of fused-ring (bicyclic) bond motifs is 1. The number of aliphatic hydroxyl groups is 1. The highest BCUT2D eigenvalue weighted by molar-refractivity contribution is 7.99. The van der Waals surface area contributed by atoms with E-state index in [0.717, 1.165) is 21.8 Å². The molecule has 0 saturated carbocycles. The molecule has 0 spiro atoms. The van der Waals surface area contributed by atoms with Crippen molar-refractivity contribution >= 4 is 28.5 Å². The molecule has 4 nitrogen and oxygen atoms in total. The number of aromatic amines is 1. The first-order valence-electron chi connectivity index (χ1n) is 6.34. The van der Waals surface area contributed by atoms with E-state index < -0.39 is 6.10 Å². The number of hydrogen-bond donors (Lipinski definition) is 3. The highest BCUT2D eigenvalue weighted by Gasteiger charge is 2.12. The number of hydrogen-bond acceptors (Lipinski definition) is 4. The van der Waals surface area contributed by atoms with Crippen LogP contribution >= 0.6 is 11.8 Å². The van der Waals surface area contributed by atoms with Crippen molar-refractivity contribution in [2.75, 3.05) is 11.5 Å². The molecule has 2 aromatic carbocycles. The molecule has 5 heteroatoms. The van der Waals surface area contributed by atoms with Crippen LogP contribution in [0.3, 0.4) is 0 Å². The maximum Gasteiger partial charge on any atom is 0.166 e. The van der Waals surface area contributed by atoms with Gasteiger partial charge in [-0.05, 0) is 18.2 Å². The number of nitrogens with one attached hydrogen (secondary N) is 1. The summed E-state index contributed by atoms with van der Waals surface area (Å²) in [5.74, 6) is 0.508. The molecule has 4 N–H and O–H groups in total. The van der Waals surface area contributed by atoms with Gasteiger partial charge in [0, 0.05) is 17.0 Å². The van der Waals surface area contributed by atoms with E-state index in [1.807, 2.05) is 42.5 Å². The Morgan fingerprint density at radius 3 is 2.70 bits per heavy atom. The van der Waals surface area contributed by atoms with Gasteiger partial charge in [-0.1, -0.05) is 42.1 Å². The Hall–Kier alpha value is -1.98. The van der Waals surface area contributed by atoms with E-state index in [1.54, 1.807) is 6.07 Å². The molecule has 0 aliphatic rings. The molecule has 1 heterocycles. The second-order valence-corrected chi connectivity index (χ2v) is 5.52. The van der Waals surface area contributed by atoms with Gasteiger partial charge in [0.25, 0.3) is 0 Å². The molecule has 0 saturated heterocycles. The molecule has 0 amide bonds. The average Bonchev–Trinajstić information content (AvgIpc) is 2.88. The molecule has 1 atom stereocenters. The number of H-pyrrole nitrogens is 1. The third-order valence-electron chi connectivity index (χ3n) is 3.10. The smallest absolute Gasteiger partial charge is 0.166 e. The second-order valence-electron chi connectivity index (χ2n) is 4.51. The average molecular weight is 285 g/mol. The number of thioether (sulfide) groups is 1. The van der Waals surface area contributed by atoms with Crippen LogP contribution in [0.5, 0.6) is 0 Å². The highest BCUT2D eigenvalue weighted by Crippen LogP contribution is 2.27. The fourth-order valence-corrected chi connectivity index (χ4v) is 2.90. The van der Waals surface area contributed by atoms with Gasteiger partial charge in [-0.3, -0.25) is 0 Å². The molecule has 0 fully saturated rings. The number of rotatable bonds is 4. The number of nitrogens with zero attached hydrogens (tertiary/aromatic N) is 1. The quantitative estimate of drug-likeness (QED) is 0.509. The molecule has 0 aliphatic heterocycles. The fourth-order valence-electron chi connectivity index (χ4n) is 2.06. The summed E-state index contributed by atoms with van der Waals surface area (Å²) in [6, 6.07) is 15.2. The minimum absolute atomic E-state index is 0.508. The van der Waals surface area contributed by atoms with E-state index in [2.05, 4.69) is 9.97 Å². The van der Waals surface area contributed by atoms with Crippen molar-refractivity contribution in [3.63, 3.8) is 0 Å². The molecule has 102 valence electrons. The first-order valence-corrected chi connectivity index (χ1v) is 7.32. The normalized spacial score (nSPS) is 12.7. The monoisotopic (exact) mass is 285 g/mol. The van der Waals surface area contributed by atoms with Crippen LogP contribution < -0.4 is 5.73 Å². The van der Waals surface area contributed by atoms with Crippen LogP contribution in [0, 0.1) is 0 Å². The first kappa shape index (κ1) is 13.0. The van der Waals surface area contributed by atoms with Gasteiger partial charge < -0.3 is 15.8 Å². The summed E-state index contributed by atoms with van der Waals surface area (Å²) in [7, 11) is 0. The number of imidazole rings is 1. The molecule has 1 aromatic heterocycles. The Morgan fingerprint density at radius 2 is 1.90 bits per heavy atom. The van der Waals surface area contributed by atoms with Crippen LogP contribution in [-0.4, -0.2) is 20.8 Å². The van der Waals surface area contributed by atoms with Crippen molar-refractivity contribution in [1.82, 2.24) is 9.97 Å². The summed E-state index contributed by atoms with van der Waals surface area (Å²) in [6.45, 7) is 0. The highest BCUT2D eigenvalue weighted by atomic mass is 32.2. The van der Waals surface area contributed by atoms with Crippen LogP contribution in [0.25, 0.3) is 11.0 Å². The Bertz CT molecular complexity index is 693. The van der Waals surface area contributed by atoms with Crippen LogP contribution in [0.4, 0.5) is 5.69 Å². The van der Waals surface area contributed by atoms with Gasteiger partial charge in [-0.2, -0.15) is 0 Å². The number of benzene rings is 2. The minimum atomic E-state index is -0.602. The number of nitrogen functional groups attached to an aromatic ring is 1. The summed E-state index contributed by atoms with van der Waals surface area (Å²) >= 11 is 1.49. The van der Waals surface area contributed by atoms with Crippen LogP contribution in [0.1, 0.15) is 11.7 Å². The maximum absolute atomic E-state index is 10.2. The van der Waals surface area contributed by atoms with Gasteiger partial charge in [0.2, 0.25) is 0 Å². The zero-order valence-corrected chi connectivity index (χ0v) is 11.6. The van der Waals surface area contributed by atoms with E-state index in [9.17, 15) is 5.11 Å². The van der Waals surface area contributed by atoms with Crippen LogP contribution in [-0.2, 0) is 0 Å². The molecule has 20 heavy (non-hydrogen) atoms. The standard InChI is InChI=1S/C15H15N3OS/c16-11-6-2-1-5-10(11)14(19)9-20-15-17-12-7-3-4-8-13(12)18-15/h1-8,14,19H,9,16H2,(H,17,18). The molecule has 1 unspecified atom stereocenters. The van der Waals surface area contributed by atoms with E-state index in [1.165, 1.54) is 11.8 Å². The van der Waals surface area contributed by atoms with Crippen molar-refractivity contribution in [1.29, 1.82) is 0 Å². The van der Waals surface area contributed by atoms with Crippen molar-refractivity contribution in [2.24, 2.45) is 0 Å². The lowest BCUT2D eigenvalue weighted by molar-refractivity contribution is 0.205. The lowest BCUT2D eigenvalue weighted by Gasteiger charge is -2.11. The zero-order chi connectivity index (χ0) is 13.9. The van der Waals surface area contributed by atoms with Gasteiger partial charge >= 0.3 is 0 Å². The van der Waals surface area contributed by atoms with E-state index >= 15 is 0 Å². The molecular weight excluding hydrogens is 270 g/mol. The fraction of sp³-hybridized carbons (Fsp3) is 0.133. The zero-order valence-electron chi connectivity index (χ0n) is 10.8. The maximum atomic E-state index is 10.2. The SMILES string of the molecule is Nc1ccccc1C(O)CSc1nc2ccccc2[nH]1. The predicted molar refractivity (Wildman–Crippen MR) is 82.6 cm³/mol. The Labute approximate surface area is 121 Å².